The number of hydrogen-bond donors (Lipinski definition) is 1. The molecule has 1 amide bonds. The molecule has 0 heterocycles. The normalized spacial score (nSPS) is 12.3. The van der Waals surface area contributed by atoms with Crippen LogP contribution in [-0.2, 0) is 4.79 Å². The molecular formula is C20H25FN2O. The van der Waals surface area contributed by atoms with Gasteiger partial charge in [-0.1, -0.05) is 29.8 Å². The first kappa shape index (κ1) is 18.1. The zero-order valence-corrected chi connectivity index (χ0v) is 15.0. The Bertz CT molecular complexity index is 702. The molecule has 1 N–H and O–H groups in total. The van der Waals surface area contributed by atoms with E-state index in [1.807, 2.05) is 39.6 Å². The largest absolute Gasteiger partial charge is 0.324 e. The van der Waals surface area contributed by atoms with Crippen molar-refractivity contribution in [2.45, 2.75) is 33.7 Å². The van der Waals surface area contributed by atoms with E-state index >= 15 is 0 Å². The van der Waals surface area contributed by atoms with Gasteiger partial charge in [-0.15, -0.1) is 0 Å². The fraction of sp³-hybridized carbons (Fsp3) is 0.350. The van der Waals surface area contributed by atoms with Crippen LogP contribution in [0, 0.1) is 26.6 Å². The second-order valence-corrected chi connectivity index (χ2v) is 6.46. The van der Waals surface area contributed by atoms with Crippen LogP contribution >= 0.6 is 0 Å². The van der Waals surface area contributed by atoms with E-state index in [9.17, 15) is 9.18 Å². The minimum Gasteiger partial charge on any atom is -0.324 e. The Labute approximate surface area is 143 Å². The maximum atomic E-state index is 13.0. The minimum atomic E-state index is -0.253. The fourth-order valence-corrected chi connectivity index (χ4v) is 2.92. The first-order valence-electron chi connectivity index (χ1n) is 8.11. The van der Waals surface area contributed by atoms with Gasteiger partial charge in [0.25, 0.3) is 0 Å². The van der Waals surface area contributed by atoms with Gasteiger partial charge < -0.3 is 5.32 Å². The van der Waals surface area contributed by atoms with Crippen LogP contribution in [0.2, 0.25) is 0 Å². The fourth-order valence-electron chi connectivity index (χ4n) is 2.92. The van der Waals surface area contributed by atoms with Crippen LogP contribution in [0.3, 0.4) is 0 Å². The maximum absolute atomic E-state index is 13.0. The number of nitrogens with zero attached hydrogens (tertiary/aromatic N) is 1. The molecule has 0 fully saturated rings. The third-order valence-electron chi connectivity index (χ3n) is 4.35. The summed E-state index contributed by atoms with van der Waals surface area (Å²) in [5, 5.41) is 3.01. The molecule has 0 bridgehead atoms. The molecule has 0 radical (unpaired) electrons. The molecule has 0 spiro atoms. The van der Waals surface area contributed by atoms with Crippen LogP contribution in [-0.4, -0.2) is 24.4 Å². The van der Waals surface area contributed by atoms with E-state index < -0.39 is 0 Å². The molecule has 2 aromatic rings. The predicted octanol–water partition coefficient (Wildman–Crippen LogP) is 4.38. The molecule has 0 aliphatic carbocycles. The molecule has 2 rings (SSSR count). The van der Waals surface area contributed by atoms with Crippen LogP contribution in [0.5, 0.6) is 0 Å². The van der Waals surface area contributed by atoms with Crippen molar-refractivity contribution >= 4 is 11.6 Å². The Hall–Kier alpha value is -2.20. The standard InChI is InChI=1S/C20H25FN2O/c1-13-10-14(2)20(15(3)11-13)22-19(24)12-23(5)16(4)17-6-8-18(21)9-7-17/h6-11,16H,12H2,1-5H3,(H,22,24)/t16-/m0/s1. The number of aryl methyl sites for hydroxylation is 3. The van der Waals surface area contributed by atoms with Crippen LogP contribution in [0.25, 0.3) is 0 Å². The van der Waals surface area contributed by atoms with Crippen molar-refractivity contribution in [1.29, 1.82) is 0 Å². The SMILES string of the molecule is Cc1cc(C)c(NC(=O)CN(C)[C@@H](C)c2ccc(F)cc2)c(C)c1. The number of halogens is 1. The van der Waals surface area contributed by atoms with E-state index in [-0.39, 0.29) is 24.3 Å². The third kappa shape index (κ3) is 4.42. The Morgan fingerprint density at radius 1 is 1.12 bits per heavy atom. The molecule has 0 aromatic heterocycles. The number of likely N-dealkylation sites (N-methyl/N-ethyl adjacent to an activating group) is 1. The number of benzene rings is 2. The predicted molar refractivity (Wildman–Crippen MR) is 96.7 cm³/mol. The van der Waals surface area contributed by atoms with Gasteiger partial charge in [0.2, 0.25) is 5.91 Å². The van der Waals surface area contributed by atoms with Crippen molar-refractivity contribution in [1.82, 2.24) is 4.90 Å². The Kier molecular flexibility index (Phi) is 5.73. The van der Waals surface area contributed by atoms with Gasteiger partial charge in [0.05, 0.1) is 6.54 Å². The van der Waals surface area contributed by atoms with E-state index in [4.69, 9.17) is 0 Å². The number of hydrogen-bond acceptors (Lipinski definition) is 2. The van der Waals surface area contributed by atoms with Crippen molar-refractivity contribution in [3.63, 3.8) is 0 Å². The summed E-state index contributed by atoms with van der Waals surface area (Å²) in [6.07, 6.45) is 0. The van der Waals surface area contributed by atoms with Gasteiger partial charge in [-0.25, -0.2) is 4.39 Å². The average Bonchev–Trinajstić information content (AvgIpc) is 2.50. The lowest BCUT2D eigenvalue weighted by atomic mass is 10.0. The van der Waals surface area contributed by atoms with Crippen molar-refractivity contribution in [3.8, 4) is 0 Å². The van der Waals surface area contributed by atoms with Gasteiger partial charge in [-0.3, -0.25) is 9.69 Å². The molecule has 1 atom stereocenters. The molecular weight excluding hydrogens is 303 g/mol. The number of anilines is 1. The van der Waals surface area contributed by atoms with Crippen molar-refractivity contribution in [2.75, 3.05) is 18.9 Å². The molecule has 4 heteroatoms. The summed E-state index contributed by atoms with van der Waals surface area (Å²) in [7, 11) is 1.89. The second kappa shape index (κ2) is 7.58. The van der Waals surface area contributed by atoms with E-state index in [0.717, 1.165) is 22.4 Å². The van der Waals surface area contributed by atoms with Gasteiger partial charge in [0, 0.05) is 11.7 Å². The topological polar surface area (TPSA) is 32.3 Å². The first-order valence-corrected chi connectivity index (χ1v) is 8.11. The lowest BCUT2D eigenvalue weighted by Crippen LogP contribution is -2.32. The van der Waals surface area contributed by atoms with Crippen LogP contribution in [0.4, 0.5) is 10.1 Å². The van der Waals surface area contributed by atoms with E-state index in [1.54, 1.807) is 12.1 Å². The second-order valence-electron chi connectivity index (χ2n) is 6.46. The smallest absolute Gasteiger partial charge is 0.238 e. The Morgan fingerprint density at radius 2 is 1.67 bits per heavy atom. The van der Waals surface area contributed by atoms with Gasteiger partial charge >= 0.3 is 0 Å². The first-order chi connectivity index (χ1) is 11.3. The summed E-state index contributed by atoms with van der Waals surface area (Å²) in [5.74, 6) is -0.307. The van der Waals surface area contributed by atoms with Crippen molar-refractivity contribution < 1.29 is 9.18 Å². The van der Waals surface area contributed by atoms with Crippen LogP contribution in [0.1, 0.15) is 35.2 Å². The van der Waals surface area contributed by atoms with Gasteiger partial charge in [0.15, 0.2) is 0 Å². The zero-order valence-electron chi connectivity index (χ0n) is 15.0. The van der Waals surface area contributed by atoms with Crippen molar-refractivity contribution in [3.05, 3.63) is 64.5 Å². The highest BCUT2D eigenvalue weighted by atomic mass is 19.1. The molecule has 0 aliphatic rings. The van der Waals surface area contributed by atoms with Gasteiger partial charge in [0.1, 0.15) is 5.82 Å². The summed E-state index contributed by atoms with van der Waals surface area (Å²) >= 11 is 0. The number of amides is 1. The molecule has 0 saturated heterocycles. The number of nitrogens with one attached hydrogen (secondary N) is 1. The van der Waals surface area contributed by atoms with Crippen molar-refractivity contribution in [2.24, 2.45) is 0 Å². The van der Waals surface area contributed by atoms with E-state index in [0.29, 0.717) is 0 Å². The molecule has 0 unspecified atom stereocenters. The molecule has 2 aromatic carbocycles. The average molecular weight is 328 g/mol. The quantitative estimate of drug-likeness (QED) is 0.883. The highest BCUT2D eigenvalue weighted by Gasteiger charge is 2.16. The highest BCUT2D eigenvalue weighted by Crippen LogP contribution is 2.23. The number of carbonyl (C=O) groups excluding carboxylic acids is 1. The Balaban J connectivity index is 2.03. The number of rotatable bonds is 5. The van der Waals surface area contributed by atoms with Crippen LogP contribution < -0.4 is 5.32 Å². The summed E-state index contributed by atoms with van der Waals surface area (Å²) in [6.45, 7) is 8.32. The number of carbonyl (C=O) groups is 1. The highest BCUT2D eigenvalue weighted by molar-refractivity contribution is 5.93. The minimum absolute atomic E-state index is 0.0246. The molecule has 0 saturated carbocycles. The monoisotopic (exact) mass is 328 g/mol. The summed E-state index contributed by atoms with van der Waals surface area (Å²) in [6, 6.07) is 10.5. The summed E-state index contributed by atoms with van der Waals surface area (Å²) < 4.78 is 13.0. The summed E-state index contributed by atoms with van der Waals surface area (Å²) in [5.41, 5.74) is 5.18. The molecule has 0 aliphatic heterocycles. The molecule has 24 heavy (non-hydrogen) atoms. The molecule has 3 nitrogen and oxygen atoms in total. The zero-order chi connectivity index (χ0) is 17.9. The van der Waals surface area contributed by atoms with Crippen LogP contribution in [0.15, 0.2) is 36.4 Å². The Morgan fingerprint density at radius 3 is 2.21 bits per heavy atom. The maximum Gasteiger partial charge on any atom is 0.238 e. The van der Waals surface area contributed by atoms with Gasteiger partial charge in [-0.2, -0.15) is 0 Å². The third-order valence-corrected chi connectivity index (χ3v) is 4.35. The lowest BCUT2D eigenvalue weighted by Gasteiger charge is -2.25. The molecule has 128 valence electrons. The van der Waals surface area contributed by atoms with E-state index in [2.05, 4.69) is 17.4 Å². The van der Waals surface area contributed by atoms with Gasteiger partial charge in [-0.05, 0) is 63.6 Å². The summed E-state index contributed by atoms with van der Waals surface area (Å²) in [4.78, 5) is 14.3. The lowest BCUT2D eigenvalue weighted by molar-refractivity contribution is -0.117. The van der Waals surface area contributed by atoms with E-state index in [1.165, 1.54) is 17.7 Å².